The third-order valence-corrected chi connectivity index (χ3v) is 13.4. The summed E-state index contributed by atoms with van der Waals surface area (Å²) in [5, 5.41) is 4.98. The van der Waals surface area contributed by atoms with Crippen molar-refractivity contribution in [1.29, 1.82) is 0 Å². The van der Waals surface area contributed by atoms with E-state index in [1.54, 1.807) is 0 Å². The number of hydrogen-bond donors (Lipinski definition) is 0. The molecule has 0 aliphatic heterocycles. The van der Waals surface area contributed by atoms with Gasteiger partial charge in [0.2, 0.25) is 0 Å². The zero-order valence-corrected chi connectivity index (χ0v) is 32.0. The average Bonchev–Trinajstić information content (AvgIpc) is 3.87. The lowest BCUT2D eigenvalue weighted by Crippen LogP contribution is -2.23. The lowest BCUT2D eigenvalue weighted by molar-refractivity contribution is 0.651. The van der Waals surface area contributed by atoms with Gasteiger partial charge in [-0.3, -0.25) is 0 Å². The standard InChI is InChI=1S/C52H39NOS/c1-32-31-35(37-17-11-19-41-38-15-8-10-22-47(38)55-51(37)41)25-30-45(32)53(36-26-23-34(24-27-36)33-13-5-4-6-14-33)46-21-12-18-39-40-28-29-44-48(50(40)54-49(39)46)42-16-7-9-20-43(42)52(44,2)3/h4-30,32H,31H2,1-3H3. The van der Waals surface area contributed by atoms with E-state index in [9.17, 15) is 0 Å². The van der Waals surface area contributed by atoms with Crippen molar-refractivity contribution in [1.82, 2.24) is 0 Å². The molecule has 2 nitrogen and oxygen atoms in total. The monoisotopic (exact) mass is 725 g/mol. The van der Waals surface area contributed by atoms with E-state index >= 15 is 0 Å². The summed E-state index contributed by atoms with van der Waals surface area (Å²) in [6.45, 7) is 7.04. The summed E-state index contributed by atoms with van der Waals surface area (Å²) < 4.78 is 9.89. The third-order valence-electron chi connectivity index (χ3n) is 12.2. The quantitative estimate of drug-likeness (QED) is 0.176. The van der Waals surface area contributed by atoms with Crippen molar-refractivity contribution < 1.29 is 4.42 Å². The van der Waals surface area contributed by atoms with Crippen molar-refractivity contribution in [3.8, 4) is 22.3 Å². The maximum Gasteiger partial charge on any atom is 0.159 e. The van der Waals surface area contributed by atoms with Crippen LogP contribution in [-0.4, -0.2) is 0 Å². The van der Waals surface area contributed by atoms with Crippen molar-refractivity contribution in [3.05, 3.63) is 186 Å². The Bertz CT molecular complexity index is 3050. The molecular weight excluding hydrogens is 687 g/mol. The van der Waals surface area contributed by atoms with Crippen LogP contribution in [0.5, 0.6) is 0 Å². The maximum absolute atomic E-state index is 7.18. The Morgan fingerprint density at radius 1 is 0.582 bits per heavy atom. The summed E-state index contributed by atoms with van der Waals surface area (Å²) in [6, 6.07) is 55.4. The fourth-order valence-electron chi connectivity index (χ4n) is 9.41. The molecule has 0 saturated carbocycles. The van der Waals surface area contributed by atoms with Gasteiger partial charge in [0.15, 0.2) is 5.58 Å². The summed E-state index contributed by atoms with van der Waals surface area (Å²) in [7, 11) is 0. The molecule has 1 unspecified atom stereocenters. The molecule has 0 fully saturated rings. The third kappa shape index (κ3) is 4.86. The smallest absolute Gasteiger partial charge is 0.159 e. The van der Waals surface area contributed by atoms with E-state index in [-0.39, 0.29) is 11.3 Å². The van der Waals surface area contributed by atoms with Gasteiger partial charge in [0.05, 0.1) is 5.69 Å². The molecule has 9 aromatic rings. The molecule has 0 amide bonds. The molecule has 55 heavy (non-hydrogen) atoms. The van der Waals surface area contributed by atoms with Crippen LogP contribution in [0.2, 0.25) is 0 Å². The summed E-state index contributed by atoms with van der Waals surface area (Å²) in [5.41, 5.74) is 15.5. The highest BCUT2D eigenvalue weighted by atomic mass is 32.1. The Morgan fingerprint density at radius 2 is 1.27 bits per heavy atom. The highest BCUT2D eigenvalue weighted by molar-refractivity contribution is 7.26. The van der Waals surface area contributed by atoms with Crippen molar-refractivity contribution in [2.75, 3.05) is 4.90 Å². The molecule has 1 atom stereocenters. The molecule has 0 N–H and O–H groups in total. The Kier molecular flexibility index (Phi) is 7.15. The van der Waals surface area contributed by atoms with E-state index < -0.39 is 0 Å². The van der Waals surface area contributed by atoms with Crippen molar-refractivity contribution >= 4 is 70.4 Å². The largest absolute Gasteiger partial charge is 0.453 e. The van der Waals surface area contributed by atoms with Gasteiger partial charge in [0.1, 0.15) is 5.58 Å². The van der Waals surface area contributed by atoms with E-state index in [1.807, 2.05) is 11.3 Å². The lowest BCUT2D eigenvalue weighted by Gasteiger charge is -2.34. The van der Waals surface area contributed by atoms with Crippen LogP contribution in [0.4, 0.5) is 11.4 Å². The fraction of sp³-hybridized carbons (Fsp3) is 0.115. The molecule has 2 aliphatic rings. The highest BCUT2D eigenvalue weighted by Crippen LogP contribution is 2.54. The predicted molar refractivity (Wildman–Crippen MR) is 234 cm³/mol. The fourth-order valence-corrected chi connectivity index (χ4v) is 10.7. The van der Waals surface area contributed by atoms with E-state index in [1.165, 1.54) is 70.4 Å². The SMILES string of the molecule is CC1CC(c2cccc3c2sc2ccccc23)=CC=C1N(c1ccc(-c2ccccc2)cc1)c1cccc2c1oc1c3c(ccc12)C(C)(C)c1ccccc1-3. The lowest BCUT2D eigenvalue weighted by atomic mass is 9.82. The van der Waals surface area contributed by atoms with Crippen LogP contribution in [0.25, 0.3) is 69.9 Å². The van der Waals surface area contributed by atoms with Gasteiger partial charge in [-0.25, -0.2) is 0 Å². The van der Waals surface area contributed by atoms with E-state index in [2.05, 4.69) is 189 Å². The summed E-state index contributed by atoms with van der Waals surface area (Å²) in [5.74, 6) is 0.245. The van der Waals surface area contributed by atoms with Gasteiger partial charge in [0, 0.05) is 59.2 Å². The predicted octanol–water partition coefficient (Wildman–Crippen LogP) is 15.1. The second-order valence-electron chi connectivity index (χ2n) is 15.7. The Labute approximate surface area is 325 Å². The van der Waals surface area contributed by atoms with E-state index in [4.69, 9.17) is 4.42 Å². The van der Waals surface area contributed by atoms with Crippen LogP contribution in [0.3, 0.4) is 0 Å². The number of rotatable bonds is 5. The number of benzene rings is 7. The summed E-state index contributed by atoms with van der Waals surface area (Å²) >= 11 is 1.91. The topological polar surface area (TPSA) is 16.4 Å². The minimum absolute atomic E-state index is 0.0962. The Hall–Kier alpha value is -6.16. The summed E-state index contributed by atoms with van der Waals surface area (Å²) in [6.07, 6.45) is 5.66. The Morgan fingerprint density at radius 3 is 2.13 bits per heavy atom. The highest BCUT2D eigenvalue weighted by Gasteiger charge is 2.38. The van der Waals surface area contributed by atoms with E-state index in [0.29, 0.717) is 0 Å². The van der Waals surface area contributed by atoms with Crippen molar-refractivity contribution in [2.45, 2.75) is 32.6 Å². The molecule has 2 aromatic heterocycles. The molecule has 2 aliphatic carbocycles. The molecule has 3 heteroatoms. The summed E-state index contributed by atoms with van der Waals surface area (Å²) in [4.78, 5) is 2.45. The van der Waals surface area contributed by atoms with Crippen LogP contribution >= 0.6 is 11.3 Å². The number of thiophene rings is 1. The first-order valence-corrected chi connectivity index (χ1v) is 20.1. The molecule has 0 bridgehead atoms. The minimum Gasteiger partial charge on any atom is -0.453 e. The number of fused-ring (bicyclic) bond motifs is 10. The zero-order valence-electron chi connectivity index (χ0n) is 31.1. The normalized spacial score (nSPS) is 16.0. The van der Waals surface area contributed by atoms with Gasteiger partial charge in [-0.15, -0.1) is 11.3 Å². The molecule has 0 spiro atoms. The van der Waals surface area contributed by atoms with Crippen LogP contribution in [0.1, 0.15) is 43.9 Å². The first-order chi connectivity index (χ1) is 27.0. The first kappa shape index (κ1) is 32.3. The number of anilines is 2. The van der Waals surface area contributed by atoms with Crippen LogP contribution in [0, 0.1) is 5.92 Å². The van der Waals surface area contributed by atoms with Gasteiger partial charge >= 0.3 is 0 Å². The Balaban J connectivity index is 1.10. The number of hydrogen-bond acceptors (Lipinski definition) is 3. The zero-order chi connectivity index (χ0) is 36.8. The molecular formula is C52H39NOS. The van der Waals surface area contributed by atoms with Crippen molar-refractivity contribution in [3.63, 3.8) is 0 Å². The second kappa shape index (κ2) is 12.2. The number of nitrogens with zero attached hydrogens (tertiary/aromatic N) is 1. The molecule has 264 valence electrons. The number of para-hydroxylation sites is 1. The second-order valence-corrected chi connectivity index (χ2v) is 16.8. The molecule has 0 radical (unpaired) electrons. The first-order valence-electron chi connectivity index (χ1n) is 19.3. The number of allylic oxidation sites excluding steroid dienone is 4. The molecule has 0 saturated heterocycles. The van der Waals surface area contributed by atoms with Gasteiger partial charge in [-0.2, -0.15) is 0 Å². The maximum atomic E-state index is 7.18. The van der Waals surface area contributed by atoms with Crippen LogP contribution in [-0.2, 0) is 5.41 Å². The van der Waals surface area contributed by atoms with Crippen LogP contribution < -0.4 is 4.90 Å². The van der Waals surface area contributed by atoms with E-state index in [0.717, 1.165) is 39.7 Å². The average molecular weight is 726 g/mol. The minimum atomic E-state index is -0.0962. The number of furan rings is 1. The van der Waals surface area contributed by atoms with Gasteiger partial charge in [0.25, 0.3) is 0 Å². The van der Waals surface area contributed by atoms with Crippen LogP contribution in [0.15, 0.2) is 174 Å². The van der Waals surface area contributed by atoms with Gasteiger partial charge < -0.3 is 9.32 Å². The molecule has 2 heterocycles. The van der Waals surface area contributed by atoms with Crippen molar-refractivity contribution in [2.24, 2.45) is 5.92 Å². The van der Waals surface area contributed by atoms with Gasteiger partial charge in [-0.1, -0.05) is 154 Å². The molecule has 7 aromatic carbocycles. The van der Waals surface area contributed by atoms with Gasteiger partial charge in [-0.05, 0) is 75.7 Å². The molecule has 11 rings (SSSR count).